The van der Waals surface area contributed by atoms with Gasteiger partial charge in [-0.25, -0.2) is 9.97 Å². The van der Waals surface area contributed by atoms with E-state index in [1.807, 2.05) is 74.2 Å². The monoisotopic (exact) mass is 726 g/mol. The summed E-state index contributed by atoms with van der Waals surface area (Å²) >= 11 is 0. The number of methoxy groups -OCH3 is 1. The summed E-state index contributed by atoms with van der Waals surface area (Å²) in [6, 6.07) is 14.6. The molecule has 0 bridgehead atoms. The van der Waals surface area contributed by atoms with Crippen LogP contribution in [-0.2, 0) is 32.6 Å². The Morgan fingerprint density at radius 2 is 1.43 bits per heavy atom. The summed E-state index contributed by atoms with van der Waals surface area (Å²) in [4.78, 5) is 48.1. The molecule has 0 spiro atoms. The van der Waals surface area contributed by atoms with Gasteiger partial charge in [0.2, 0.25) is 11.8 Å². The lowest BCUT2D eigenvalue weighted by Crippen LogP contribution is -2.15. The van der Waals surface area contributed by atoms with E-state index >= 15 is 0 Å². The molecule has 0 fully saturated rings. The Hall–Kier alpha value is -6.57. The van der Waals surface area contributed by atoms with Crippen LogP contribution in [0.25, 0.3) is 44.4 Å². The molecule has 2 amide bonds. The molecule has 7 rings (SSSR count). The second kappa shape index (κ2) is 14.1. The normalized spacial score (nSPS) is 11.8. The molecule has 4 N–H and O–H groups in total. The number of nitrogens with zero attached hydrogens (tertiary/aromatic N) is 8. The van der Waals surface area contributed by atoms with Crippen molar-refractivity contribution in [3.05, 3.63) is 100 Å². The van der Waals surface area contributed by atoms with E-state index in [9.17, 15) is 14.4 Å². The molecule has 2 aromatic carbocycles. The molecule has 14 heteroatoms. The molecule has 7 aromatic rings. The zero-order valence-corrected chi connectivity index (χ0v) is 31.2. The van der Waals surface area contributed by atoms with Crippen LogP contribution in [0.15, 0.2) is 60.7 Å². The molecule has 14 nitrogen and oxygen atoms in total. The highest BCUT2D eigenvalue weighted by Crippen LogP contribution is 2.37. The minimum absolute atomic E-state index is 0.0335. The van der Waals surface area contributed by atoms with Crippen molar-refractivity contribution in [2.45, 2.75) is 67.2 Å². The molecule has 0 radical (unpaired) electrons. The quantitative estimate of drug-likeness (QED) is 0.116. The van der Waals surface area contributed by atoms with Crippen LogP contribution in [0, 0.1) is 20.8 Å². The third kappa shape index (κ3) is 6.29. The largest absolute Gasteiger partial charge is 0.495 e. The summed E-state index contributed by atoms with van der Waals surface area (Å²) in [5, 5.41) is 10.7. The Balaban J connectivity index is 1.31. The van der Waals surface area contributed by atoms with Crippen LogP contribution in [0.3, 0.4) is 0 Å². The lowest BCUT2D eigenvalue weighted by atomic mass is 10.1. The standard InChI is InChI=1S/C40H42N10O4/c1-7-49-31(16-23(4)45-49)29-12-11-27-28-18-26(39(42)53)20-34(54-6)37(28)48(40(27)44-29)14-10-9-13-47-35(21-33(51)32-17-24(5)46-50(32)8-2)43-30-19-25(38(41)52)15-22(3)36(30)47/h9-12,15-20H,7-8,13-14,21H2,1-6H3,(H2,41,52)(H2,42,53)/b10-9+. The number of benzene rings is 2. The van der Waals surface area contributed by atoms with Crippen molar-refractivity contribution in [3.63, 3.8) is 0 Å². The van der Waals surface area contributed by atoms with E-state index in [0.717, 1.165) is 50.1 Å². The molecule has 0 aliphatic carbocycles. The van der Waals surface area contributed by atoms with E-state index in [0.29, 0.717) is 65.7 Å². The predicted octanol–water partition coefficient (Wildman–Crippen LogP) is 5.45. The number of hydrogen-bond donors (Lipinski definition) is 2. The molecular formula is C40H42N10O4. The number of nitrogens with two attached hydrogens (primary N) is 2. The Morgan fingerprint density at radius 3 is 2.11 bits per heavy atom. The second-order valence-corrected chi connectivity index (χ2v) is 13.3. The molecule has 276 valence electrons. The number of pyridine rings is 1. The Morgan fingerprint density at radius 1 is 0.759 bits per heavy atom. The van der Waals surface area contributed by atoms with E-state index in [1.54, 1.807) is 42.1 Å². The maximum atomic E-state index is 13.7. The molecule has 0 unspecified atom stereocenters. The highest BCUT2D eigenvalue weighted by molar-refractivity contribution is 6.12. The third-order valence-corrected chi connectivity index (χ3v) is 9.68. The van der Waals surface area contributed by atoms with Crippen LogP contribution in [0.5, 0.6) is 5.75 Å². The summed E-state index contributed by atoms with van der Waals surface area (Å²) in [5.74, 6) is -0.174. The fraction of sp³-hybridized carbons (Fsp3) is 0.275. The van der Waals surface area contributed by atoms with Crippen molar-refractivity contribution >= 4 is 50.6 Å². The highest BCUT2D eigenvalue weighted by atomic mass is 16.5. The number of imidazole rings is 1. The fourth-order valence-electron chi connectivity index (χ4n) is 7.28. The number of rotatable bonds is 13. The van der Waals surface area contributed by atoms with E-state index in [1.165, 1.54) is 0 Å². The first-order chi connectivity index (χ1) is 25.9. The number of carbonyl (C=O) groups excluding carboxylic acids is 3. The summed E-state index contributed by atoms with van der Waals surface area (Å²) in [6.45, 7) is 11.7. The van der Waals surface area contributed by atoms with Gasteiger partial charge in [-0.3, -0.25) is 23.7 Å². The van der Waals surface area contributed by atoms with Crippen LogP contribution >= 0.6 is 0 Å². The van der Waals surface area contributed by atoms with E-state index < -0.39 is 11.8 Å². The van der Waals surface area contributed by atoms with Crippen molar-refractivity contribution in [3.8, 4) is 17.1 Å². The predicted molar refractivity (Wildman–Crippen MR) is 207 cm³/mol. The van der Waals surface area contributed by atoms with Gasteiger partial charge in [-0.05, 0) is 88.7 Å². The van der Waals surface area contributed by atoms with Gasteiger partial charge in [0, 0.05) is 48.1 Å². The average Bonchev–Trinajstić information content (AvgIpc) is 3.90. The van der Waals surface area contributed by atoms with E-state index in [4.69, 9.17) is 26.2 Å². The number of Topliss-reactive ketones (excluding diaryl/α,β-unsaturated/α-hetero) is 1. The number of ketones is 1. The van der Waals surface area contributed by atoms with Crippen LogP contribution in [0.1, 0.15) is 67.8 Å². The number of aromatic nitrogens is 8. The van der Waals surface area contributed by atoms with Gasteiger partial charge in [-0.1, -0.05) is 12.2 Å². The third-order valence-electron chi connectivity index (χ3n) is 9.68. The molecular weight excluding hydrogens is 685 g/mol. The van der Waals surface area contributed by atoms with Gasteiger partial charge < -0.3 is 25.3 Å². The van der Waals surface area contributed by atoms with Crippen LogP contribution in [0.4, 0.5) is 0 Å². The molecule has 5 aromatic heterocycles. The summed E-state index contributed by atoms with van der Waals surface area (Å²) in [6.07, 6.45) is 4.07. The molecule has 0 atom stereocenters. The number of aryl methyl sites for hydroxylation is 5. The van der Waals surface area contributed by atoms with Crippen molar-refractivity contribution < 1.29 is 19.1 Å². The smallest absolute Gasteiger partial charge is 0.248 e. The highest BCUT2D eigenvalue weighted by Gasteiger charge is 2.22. The number of ether oxygens (including phenoxy) is 1. The van der Waals surface area contributed by atoms with Crippen LogP contribution < -0.4 is 16.2 Å². The zero-order valence-electron chi connectivity index (χ0n) is 31.2. The SMILES string of the molecule is CCn1nc(C)cc1C(=O)Cc1nc2cc(C(N)=O)cc(C)c2n1C/C=C/Cn1c2nc(-c3cc(C)nn3CC)ccc2c2cc(C(N)=O)cc(OC)c21. The number of allylic oxidation sites excluding steroid dienone is 2. The first-order valence-corrected chi connectivity index (χ1v) is 17.8. The van der Waals surface area contributed by atoms with Crippen molar-refractivity contribution in [1.29, 1.82) is 0 Å². The Kier molecular flexibility index (Phi) is 9.35. The first-order valence-electron chi connectivity index (χ1n) is 17.8. The second-order valence-electron chi connectivity index (χ2n) is 13.3. The molecule has 0 aliphatic rings. The van der Waals surface area contributed by atoms with Gasteiger partial charge in [0.25, 0.3) is 0 Å². The van der Waals surface area contributed by atoms with Gasteiger partial charge in [0.1, 0.15) is 22.9 Å². The van der Waals surface area contributed by atoms with Crippen LogP contribution in [-0.4, -0.2) is 63.4 Å². The average molecular weight is 727 g/mol. The number of amides is 2. The molecule has 54 heavy (non-hydrogen) atoms. The number of fused-ring (bicyclic) bond motifs is 4. The summed E-state index contributed by atoms with van der Waals surface area (Å²) in [7, 11) is 1.56. The van der Waals surface area contributed by atoms with E-state index in [2.05, 4.69) is 14.8 Å². The van der Waals surface area contributed by atoms with Crippen molar-refractivity contribution in [1.82, 2.24) is 38.7 Å². The number of primary amides is 2. The topological polar surface area (TPSA) is 184 Å². The fourth-order valence-corrected chi connectivity index (χ4v) is 7.28. The summed E-state index contributed by atoms with van der Waals surface area (Å²) in [5.41, 5.74) is 19.5. The number of hydrogen-bond acceptors (Lipinski definition) is 8. The Bertz CT molecular complexity index is 2670. The number of carbonyl (C=O) groups is 3. The van der Waals surface area contributed by atoms with Gasteiger partial charge in [-0.15, -0.1) is 0 Å². The minimum Gasteiger partial charge on any atom is -0.495 e. The maximum absolute atomic E-state index is 13.7. The lowest BCUT2D eigenvalue weighted by molar-refractivity contribution is 0.0975. The van der Waals surface area contributed by atoms with Crippen LogP contribution in [0.2, 0.25) is 0 Å². The summed E-state index contributed by atoms with van der Waals surface area (Å²) < 4.78 is 13.5. The lowest BCUT2D eigenvalue weighted by Gasteiger charge is -2.11. The minimum atomic E-state index is -0.558. The van der Waals surface area contributed by atoms with Crippen molar-refractivity contribution in [2.24, 2.45) is 11.5 Å². The van der Waals surface area contributed by atoms with Gasteiger partial charge >= 0.3 is 0 Å². The molecule has 0 aliphatic heterocycles. The van der Waals surface area contributed by atoms with E-state index in [-0.39, 0.29) is 12.2 Å². The maximum Gasteiger partial charge on any atom is 0.248 e. The van der Waals surface area contributed by atoms with Gasteiger partial charge in [0.05, 0.1) is 52.9 Å². The van der Waals surface area contributed by atoms with Gasteiger partial charge in [-0.2, -0.15) is 10.2 Å². The Labute approximate surface area is 311 Å². The van der Waals surface area contributed by atoms with Crippen molar-refractivity contribution in [2.75, 3.05) is 7.11 Å². The first kappa shape index (κ1) is 35.8. The zero-order chi connectivity index (χ0) is 38.4. The molecule has 5 heterocycles. The molecule has 0 saturated carbocycles. The van der Waals surface area contributed by atoms with Gasteiger partial charge in [0.15, 0.2) is 5.78 Å². The molecule has 0 saturated heterocycles.